The Bertz CT molecular complexity index is 1100. The van der Waals surface area contributed by atoms with Crippen molar-refractivity contribution >= 4 is 27.3 Å². The number of hydrogen-bond donors (Lipinski definition) is 1. The third-order valence-corrected chi connectivity index (χ3v) is 6.29. The molecule has 0 saturated carbocycles. The predicted octanol–water partition coefficient (Wildman–Crippen LogP) is 3.60. The van der Waals surface area contributed by atoms with E-state index in [0.29, 0.717) is 18.7 Å². The number of hydrogen-bond acceptors (Lipinski definition) is 4. The lowest BCUT2D eigenvalue weighted by Crippen LogP contribution is -2.23. The second-order valence-corrected chi connectivity index (χ2v) is 8.66. The lowest BCUT2D eigenvalue weighted by molar-refractivity contribution is -0.117. The van der Waals surface area contributed by atoms with Crippen LogP contribution in [0.15, 0.2) is 78.0 Å². The van der Waals surface area contributed by atoms with Crippen LogP contribution in [-0.2, 0) is 21.2 Å². The number of nitrogens with zero attached hydrogens (tertiary/aromatic N) is 2. The maximum absolute atomic E-state index is 12.7. The summed E-state index contributed by atoms with van der Waals surface area (Å²) in [7, 11) is -3.70. The smallest absolute Gasteiger partial charge is 0.261 e. The number of aromatic nitrogens is 1. The van der Waals surface area contributed by atoms with E-state index in [1.807, 2.05) is 24.3 Å². The van der Waals surface area contributed by atoms with E-state index < -0.39 is 10.0 Å². The first-order valence-electron chi connectivity index (χ1n) is 9.42. The monoisotopic (exact) mass is 407 g/mol. The van der Waals surface area contributed by atoms with Crippen LogP contribution < -0.4 is 9.62 Å². The van der Waals surface area contributed by atoms with Gasteiger partial charge in [-0.1, -0.05) is 12.1 Å². The van der Waals surface area contributed by atoms with Gasteiger partial charge in [0.1, 0.15) is 0 Å². The molecule has 0 unspecified atom stereocenters. The number of benzene rings is 2. The summed E-state index contributed by atoms with van der Waals surface area (Å²) >= 11 is 0. The van der Waals surface area contributed by atoms with Gasteiger partial charge in [-0.3, -0.25) is 14.5 Å². The van der Waals surface area contributed by atoms with Gasteiger partial charge in [-0.2, -0.15) is 0 Å². The Hall–Kier alpha value is -3.19. The molecule has 6 nitrogen and oxygen atoms in total. The van der Waals surface area contributed by atoms with E-state index in [9.17, 15) is 13.2 Å². The average molecular weight is 407 g/mol. The molecule has 7 heteroatoms. The van der Waals surface area contributed by atoms with Gasteiger partial charge in [0.2, 0.25) is 5.91 Å². The van der Waals surface area contributed by atoms with Gasteiger partial charge in [-0.25, -0.2) is 8.42 Å². The maximum atomic E-state index is 12.7. The normalized spacial score (nSPS) is 14.2. The van der Waals surface area contributed by atoms with Gasteiger partial charge in [0, 0.05) is 36.7 Å². The zero-order valence-electron chi connectivity index (χ0n) is 15.8. The quantitative estimate of drug-likeness (QED) is 0.677. The summed E-state index contributed by atoms with van der Waals surface area (Å²) in [6.07, 6.45) is 5.63. The predicted molar refractivity (Wildman–Crippen MR) is 112 cm³/mol. The molecule has 1 aliphatic rings. The average Bonchev–Trinajstić information content (AvgIpc) is 3.16. The van der Waals surface area contributed by atoms with E-state index in [-0.39, 0.29) is 10.8 Å². The molecule has 2 aromatic carbocycles. The van der Waals surface area contributed by atoms with Crippen LogP contribution in [0.1, 0.15) is 24.0 Å². The van der Waals surface area contributed by atoms with Crippen LogP contribution in [0.3, 0.4) is 0 Å². The third-order valence-electron chi connectivity index (χ3n) is 4.90. The Morgan fingerprint density at radius 3 is 2.17 bits per heavy atom. The van der Waals surface area contributed by atoms with Crippen molar-refractivity contribution in [1.29, 1.82) is 0 Å². The Labute approximate surface area is 170 Å². The minimum Gasteiger partial charge on any atom is -0.312 e. The molecule has 1 saturated heterocycles. The summed E-state index contributed by atoms with van der Waals surface area (Å²) in [5, 5.41) is 0. The highest BCUT2D eigenvalue weighted by Crippen LogP contribution is 2.24. The van der Waals surface area contributed by atoms with Crippen LogP contribution in [0.2, 0.25) is 0 Å². The van der Waals surface area contributed by atoms with Crippen LogP contribution in [-0.4, -0.2) is 25.9 Å². The number of anilines is 2. The Balaban J connectivity index is 1.44. The van der Waals surface area contributed by atoms with Crippen molar-refractivity contribution in [3.63, 3.8) is 0 Å². The molecule has 1 N–H and O–H groups in total. The summed E-state index contributed by atoms with van der Waals surface area (Å²) in [6, 6.07) is 17.6. The number of carbonyl (C=O) groups excluding carboxylic acids is 1. The molecule has 3 aromatic rings. The van der Waals surface area contributed by atoms with Crippen molar-refractivity contribution in [1.82, 2.24) is 4.98 Å². The van der Waals surface area contributed by atoms with Crippen LogP contribution in [0, 0.1) is 0 Å². The van der Waals surface area contributed by atoms with Crippen LogP contribution in [0.5, 0.6) is 0 Å². The van der Waals surface area contributed by atoms with E-state index in [4.69, 9.17) is 0 Å². The molecule has 1 aliphatic heterocycles. The highest BCUT2D eigenvalue weighted by molar-refractivity contribution is 7.92. The minimum absolute atomic E-state index is 0.0746. The van der Waals surface area contributed by atoms with Gasteiger partial charge in [-0.15, -0.1) is 0 Å². The molecule has 0 bridgehead atoms. The van der Waals surface area contributed by atoms with Gasteiger partial charge in [0.25, 0.3) is 10.0 Å². The van der Waals surface area contributed by atoms with Gasteiger partial charge in [0.15, 0.2) is 0 Å². The third kappa shape index (κ3) is 4.46. The summed E-state index contributed by atoms with van der Waals surface area (Å²) in [5.41, 5.74) is 3.46. The van der Waals surface area contributed by atoms with E-state index in [1.165, 1.54) is 12.1 Å². The van der Waals surface area contributed by atoms with Crippen LogP contribution >= 0.6 is 0 Å². The van der Waals surface area contributed by atoms with E-state index in [2.05, 4.69) is 9.71 Å². The molecule has 1 fully saturated rings. The summed E-state index contributed by atoms with van der Waals surface area (Å²) in [6.45, 7) is 0.676. The standard InChI is InChI=1S/C22H21N3O3S/c26-22-2-1-15-25(22)20-7-9-21(10-8-20)29(27,28)24-19-5-3-17(4-6-19)16-18-11-13-23-14-12-18/h3-14,24H,1-2,15-16H2. The minimum atomic E-state index is -3.70. The molecule has 2 heterocycles. The van der Waals surface area contributed by atoms with Crippen molar-refractivity contribution in [3.8, 4) is 0 Å². The van der Waals surface area contributed by atoms with Crippen molar-refractivity contribution in [2.75, 3.05) is 16.2 Å². The number of sulfonamides is 1. The number of carbonyl (C=O) groups is 1. The van der Waals surface area contributed by atoms with Crippen molar-refractivity contribution < 1.29 is 13.2 Å². The van der Waals surface area contributed by atoms with Crippen LogP contribution in [0.4, 0.5) is 11.4 Å². The topological polar surface area (TPSA) is 79.4 Å². The zero-order valence-corrected chi connectivity index (χ0v) is 16.6. The van der Waals surface area contributed by atoms with Crippen molar-refractivity contribution in [3.05, 3.63) is 84.2 Å². The van der Waals surface area contributed by atoms with E-state index in [0.717, 1.165) is 29.7 Å². The van der Waals surface area contributed by atoms with Crippen LogP contribution in [0.25, 0.3) is 0 Å². The Morgan fingerprint density at radius 1 is 0.897 bits per heavy atom. The molecule has 0 spiro atoms. The van der Waals surface area contributed by atoms with Gasteiger partial charge in [-0.05, 0) is 72.5 Å². The molecule has 0 radical (unpaired) electrons. The molecule has 29 heavy (non-hydrogen) atoms. The van der Waals surface area contributed by atoms with Crippen molar-refractivity contribution in [2.24, 2.45) is 0 Å². The lowest BCUT2D eigenvalue weighted by atomic mass is 10.1. The van der Waals surface area contributed by atoms with Gasteiger partial charge >= 0.3 is 0 Å². The number of amides is 1. The first kappa shape index (κ1) is 19.1. The molecule has 0 aliphatic carbocycles. The van der Waals surface area contributed by atoms with E-state index >= 15 is 0 Å². The number of pyridine rings is 1. The van der Waals surface area contributed by atoms with E-state index in [1.54, 1.807) is 41.6 Å². The zero-order chi connectivity index (χ0) is 20.3. The summed E-state index contributed by atoms with van der Waals surface area (Å²) < 4.78 is 28.0. The summed E-state index contributed by atoms with van der Waals surface area (Å²) in [5.74, 6) is 0.0746. The van der Waals surface area contributed by atoms with Gasteiger partial charge < -0.3 is 4.90 Å². The molecular formula is C22H21N3O3S. The summed E-state index contributed by atoms with van der Waals surface area (Å²) in [4.78, 5) is 17.7. The molecule has 1 amide bonds. The first-order chi connectivity index (χ1) is 14.0. The number of rotatable bonds is 6. The fraction of sp³-hybridized carbons (Fsp3) is 0.182. The second kappa shape index (κ2) is 8.05. The fourth-order valence-electron chi connectivity index (χ4n) is 3.37. The molecule has 4 rings (SSSR count). The molecule has 148 valence electrons. The maximum Gasteiger partial charge on any atom is 0.261 e. The van der Waals surface area contributed by atoms with Crippen molar-refractivity contribution in [2.45, 2.75) is 24.2 Å². The Morgan fingerprint density at radius 2 is 1.55 bits per heavy atom. The molecule has 0 atom stereocenters. The highest BCUT2D eigenvalue weighted by atomic mass is 32.2. The lowest BCUT2D eigenvalue weighted by Gasteiger charge is -2.16. The fourth-order valence-corrected chi connectivity index (χ4v) is 4.43. The molecular weight excluding hydrogens is 386 g/mol. The first-order valence-corrected chi connectivity index (χ1v) is 10.9. The number of nitrogens with one attached hydrogen (secondary N) is 1. The SMILES string of the molecule is O=C1CCCN1c1ccc(S(=O)(=O)Nc2ccc(Cc3ccncc3)cc2)cc1. The Kier molecular flexibility index (Phi) is 5.31. The second-order valence-electron chi connectivity index (χ2n) is 6.98. The largest absolute Gasteiger partial charge is 0.312 e. The molecule has 1 aromatic heterocycles. The highest BCUT2D eigenvalue weighted by Gasteiger charge is 2.22. The van der Waals surface area contributed by atoms with Gasteiger partial charge in [0.05, 0.1) is 4.90 Å².